The molecule has 0 aliphatic heterocycles. The van der Waals surface area contributed by atoms with Crippen LogP contribution in [0.5, 0.6) is 5.75 Å². The van der Waals surface area contributed by atoms with Gasteiger partial charge in [-0.3, -0.25) is 4.98 Å². The molecule has 0 atom stereocenters. The normalized spacial score (nSPS) is 11.3. The summed E-state index contributed by atoms with van der Waals surface area (Å²) in [5.74, 6) is -0.707. The zero-order valence-electron chi connectivity index (χ0n) is 13.6. The Hall–Kier alpha value is -3.07. The van der Waals surface area contributed by atoms with Crippen molar-refractivity contribution in [3.8, 4) is 11.4 Å². The number of ether oxygens (including phenoxy) is 1. The number of rotatable bonds is 4. The van der Waals surface area contributed by atoms with Crippen LogP contribution in [0.4, 0.5) is 18.0 Å². The minimum absolute atomic E-state index is 0.0549. The number of nitrogens with zero attached hydrogens (tertiary/aromatic N) is 3. The number of hydrogen-bond donors (Lipinski definition) is 1. The molecular weight excluding hydrogens is 385 g/mol. The highest BCUT2D eigenvalue weighted by Crippen LogP contribution is 2.37. The number of alkyl halides is 3. The molecular formula is C17H12ClF3N4O2. The highest BCUT2D eigenvalue weighted by molar-refractivity contribution is 6.30. The first kappa shape index (κ1) is 18.7. The predicted molar refractivity (Wildman–Crippen MR) is 90.7 cm³/mol. The van der Waals surface area contributed by atoms with E-state index in [1.54, 1.807) is 18.3 Å². The fourth-order valence-corrected chi connectivity index (χ4v) is 2.38. The average molecular weight is 397 g/mol. The number of hydrogen-bond acceptors (Lipinski definition) is 4. The Bertz CT molecular complexity index is 928. The average Bonchev–Trinajstić information content (AvgIpc) is 3.05. The first-order chi connectivity index (χ1) is 12.8. The SMILES string of the molecule is O=C(NCc1cccnc1)Oc1cnn(-c2ccc(Cl)cc2)c1C(F)(F)F. The van der Waals surface area contributed by atoms with Gasteiger partial charge in [0.25, 0.3) is 0 Å². The van der Waals surface area contributed by atoms with E-state index in [2.05, 4.69) is 15.4 Å². The quantitative estimate of drug-likeness (QED) is 0.716. The van der Waals surface area contributed by atoms with E-state index in [0.29, 0.717) is 15.3 Å². The van der Waals surface area contributed by atoms with E-state index in [9.17, 15) is 18.0 Å². The van der Waals surface area contributed by atoms with Crippen LogP contribution in [0.15, 0.2) is 55.0 Å². The van der Waals surface area contributed by atoms with Gasteiger partial charge in [-0.05, 0) is 35.9 Å². The van der Waals surface area contributed by atoms with Crippen molar-refractivity contribution in [3.63, 3.8) is 0 Å². The third-order valence-electron chi connectivity index (χ3n) is 3.44. The van der Waals surface area contributed by atoms with Crippen LogP contribution in [0.3, 0.4) is 0 Å². The molecule has 27 heavy (non-hydrogen) atoms. The Labute approximate surface area is 156 Å². The van der Waals surface area contributed by atoms with Gasteiger partial charge >= 0.3 is 12.3 Å². The molecule has 2 heterocycles. The summed E-state index contributed by atoms with van der Waals surface area (Å²) in [5.41, 5.74) is -0.416. The molecule has 1 amide bonds. The van der Waals surface area contributed by atoms with E-state index in [4.69, 9.17) is 16.3 Å². The molecule has 1 aromatic carbocycles. The number of halogens is 4. The van der Waals surface area contributed by atoms with Crippen molar-refractivity contribution in [3.05, 3.63) is 71.3 Å². The van der Waals surface area contributed by atoms with Crippen molar-refractivity contribution < 1.29 is 22.7 Å². The molecule has 1 N–H and O–H groups in total. The minimum Gasteiger partial charge on any atom is -0.406 e. The van der Waals surface area contributed by atoms with Gasteiger partial charge < -0.3 is 10.1 Å². The Morgan fingerprint density at radius 1 is 1.19 bits per heavy atom. The van der Waals surface area contributed by atoms with Crippen molar-refractivity contribution in [1.29, 1.82) is 0 Å². The number of nitrogens with one attached hydrogen (secondary N) is 1. The van der Waals surface area contributed by atoms with E-state index in [1.807, 2.05) is 0 Å². The molecule has 0 radical (unpaired) electrons. The maximum atomic E-state index is 13.5. The summed E-state index contributed by atoms with van der Waals surface area (Å²) in [5, 5.41) is 6.42. The molecule has 0 saturated heterocycles. The molecule has 140 valence electrons. The van der Waals surface area contributed by atoms with E-state index < -0.39 is 23.7 Å². The lowest BCUT2D eigenvalue weighted by molar-refractivity contribution is -0.143. The Kier molecular flexibility index (Phi) is 5.31. The summed E-state index contributed by atoms with van der Waals surface area (Å²) < 4.78 is 46.0. The summed E-state index contributed by atoms with van der Waals surface area (Å²) in [6.07, 6.45) is -1.93. The summed E-state index contributed by atoms with van der Waals surface area (Å²) in [4.78, 5) is 15.8. The lowest BCUT2D eigenvalue weighted by Crippen LogP contribution is -2.27. The monoisotopic (exact) mass is 396 g/mol. The van der Waals surface area contributed by atoms with E-state index in [1.165, 1.54) is 30.5 Å². The zero-order chi connectivity index (χ0) is 19.4. The second-order valence-corrected chi connectivity index (χ2v) is 5.78. The molecule has 10 heteroatoms. The highest BCUT2D eigenvalue weighted by atomic mass is 35.5. The fourth-order valence-electron chi connectivity index (χ4n) is 2.26. The third-order valence-corrected chi connectivity index (χ3v) is 3.69. The van der Waals surface area contributed by atoms with Gasteiger partial charge in [-0.2, -0.15) is 18.3 Å². The van der Waals surface area contributed by atoms with E-state index >= 15 is 0 Å². The van der Waals surface area contributed by atoms with Crippen molar-refractivity contribution in [2.24, 2.45) is 0 Å². The number of carbonyl (C=O) groups excluding carboxylic acids is 1. The molecule has 0 fully saturated rings. The molecule has 3 rings (SSSR count). The smallest absolute Gasteiger partial charge is 0.406 e. The number of amides is 1. The molecule has 0 aliphatic rings. The molecule has 6 nitrogen and oxygen atoms in total. The first-order valence-electron chi connectivity index (χ1n) is 7.60. The molecule has 3 aromatic rings. The Balaban J connectivity index is 1.81. The standard InChI is InChI=1S/C17H12ClF3N4O2/c18-12-3-5-13(6-4-12)25-15(17(19,20)21)14(10-24-25)27-16(26)23-9-11-2-1-7-22-8-11/h1-8,10H,9H2,(H,23,26). The van der Waals surface area contributed by atoms with Gasteiger partial charge in [0, 0.05) is 24.0 Å². The summed E-state index contributed by atoms with van der Waals surface area (Å²) in [7, 11) is 0. The topological polar surface area (TPSA) is 69.0 Å². The van der Waals surface area contributed by atoms with Crippen LogP contribution in [-0.2, 0) is 12.7 Å². The second kappa shape index (κ2) is 7.67. The maximum Gasteiger partial charge on any atom is 0.437 e. The van der Waals surface area contributed by atoms with Crippen molar-refractivity contribution in [2.45, 2.75) is 12.7 Å². The molecule has 0 unspecified atom stereocenters. The molecule has 0 saturated carbocycles. The van der Waals surface area contributed by atoms with E-state index in [-0.39, 0.29) is 12.2 Å². The van der Waals surface area contributed by atoms with Crippen LogP contribution in [0, 0.1) is 0 Å². The van der Waals surface area contributed by atoms with Gasteiger partial charge in [0.2, 0.25) is 0 Å². The lowest BCUT2D eigenvalue weighted by Gasteiger charge is -2.13. The van der Waals surface area contributed by atoms with Crippen LogP contribution < -0.4 is 10.1 Å². The number of aromatic nitrogens is 3. The Morgan fingerprint density at radius 2 is 1.93 bits per heavy atom. The highest BCUT2D eigenvalue weighted by Gasteiger charge is 2.40. The van der Waals surface area contributed by atoms with Gasteiger partial charge in [0.15, 0.2) is 11.4 Å². The molecule has 0 bridgehead atoms. The van der Waals surface area contributed by atoms with Gasteiger partial charge in [0.05, 0.1) is 11.9 Å². The van der Waals surface area contributed by atoms with Crippen LogP contribution >= 0.6 is 11.6 Å². The fraction of sp³-hybridized carbons (Fsp3) is 0.118. The van der Waals surface area contributed by atoms with Crippen molar-refractivity contribution >= 4 is 17.7 Å². The predicted octanol–water partition coefficient (Wildman–Crippen LogP) is 4.23. The van der Waals surface area contributed by atoms with Crippen molar-refractivity contribution in [1.82, 2.24) is 20.1 Å². The second-order valence-electron chi connectivity index (χ2n) is 5.35. The van der Waals surface area contributed by atoms with Gasteiger partial charge in [-0.1, -0.05) is 17.7 Å². The molecule has 2 aromatic heterocycles. The summed E-state index contributed by atoms with van der Waals surface area (Å²) >= 11 is 5.75. The zero-order valence-corrected chi connectivity index (χ0v) is 14.3. The lowest BCUT2D eigenvalue weighted by atomic mass is 10.3. The maximum absolute atomic E-state index is 13.5. The van der Waals surface area contributed by atoms with Crippen LogP contribution in [0.1, 0.15) is 11.3 Å². The van der Waals surface area contributed by atoms with Gasteiger partial charge in [-0.15, -0.1) is 0 Å². The van der Waals surface area contributed by atoms with Crippen molar-refractivity contribution in [2.75, 3.05) is 0 Å². The molecule has 0 spiro atoms. The van der Waals surface area contributed by atoms with Crippen LogP contribution in [-0.4, -0.2) is 20.9 Å². The molecule has 0 aliphatic carbocycles. The summed E-state index contributed by atoms with van der Waals surface area (Å²) in [6, 6.07) is 8.97. The van der Waals surface area contributed by atoms with Gasteiger partial charge in [-0.25, -0.2) is 9.48 Å². The Morgan fingerprint density at radius 3 is 2.56 bits per heavy atom. The van der Waals surface area contributed by atoms with E-state index in [0.717, 1.165) is 6.20 Å². The number of benzene rings is 1. The number of carbonyl (C=O) groups is 1. The first-order valence-corrected chi connectivity index (χ1v) is 7.98. The minimum atomic E-state index is -4.80. The third kappa shape index (κ3) is 4.56. The largest absolute Gasteiger partial charge is 0.437 e. The van der Waals surface area contributed by atoms with Crippen LogP contribution in [0.2, 0.25) is 5.02 Å². The number of pyridine rings is 1. The summed E-state index contributed by atoms with van der Waals surface area (Å²) in [6.45, 7) is 0.0549. The van der Waals surface area contributed by atoms with Gasteiger partial charge in [0.1, 0.15) is 0 Å². The van der Waals surface area contributed by atoms with Crippen LogP contribution in [0.25, 0.3) is 5.69 Å².